The summed E-state index contributed by atoms with van der Waals surface area (Å²) < 4.78 is 2.09. The van der Waals surface area contributed by atoms with Gasteiger partial charge in [0.1, 0.15) is 0 Å². The lowest BCUT2D eigenvalue weighted by Crippen LogP contribution is -2.48. The van der Waals surface area contributed by atoms with Gasteiger partial charge in [-0.1, -0.05) is 0 Å². The second-order valence-corrected chi connectivity index (χ2v) is 5.24. The van der Waals surface area contributed by atoms with E-state index in [1.165, 1.54) is 0 Å². The first-order chi connectivity index (χ1) is 8.19. The summed E-state index contributed by atoms with van der Waals surface area (Å²) in [6.45, 7) is 0. The molecule has 92 valence electrons. The van der Waals surface area contributed by atoms with Gasteiger partial charge in [-0.25, -0.2) is 4.98 Å². The Morgan fingerprint density at radius 2 is 2.29 bits per heavy atom. The maximum Gasteiger partial charge on any atom is 0.240 e. The fraction of sp³-hybridized carbons (Fsp3) is 0.667. The zero-order chi connectivity index (χ0) is 11.9. The fourth-order valence-electron chi connectivity index (χ4n) is 2.61. The van der Waals surface area contributed by atoms with E-state index in [9.17, 15) is 4.79 Å². The van der Waals surface area contributed by atoms with E-state index >= 15 is 0 Å². The van der Waals surface area contributed by atoms with Gasteiger partial charge in [-0.2, -0.15) is 0 Å². The first-order valence-electron chi connectivity index (χ1n) is 6.26. The molecule has 2 fully saturated rings. The van der Waals surface area contributed by atoms with Crippen molar-refractivity contribution in [1.82, 2.24) is 14.9 Å². The Hall–Kier alpha value is -1.36. The Morgan fingerprint density at radius 1 is 1.47 bits per heavy atom. The van der Waals surface area contributed by atoms with Crippen molar-refractivity contribution in [2.75, 3.05) is 0 Å². The smallest absolute Gasteiger partial charge is 0.240 e. The quantitative estimate of drug-likeness (QED) is 0.803. The second-order valence-electron chi connectivity index (χ2n) is 5.24. The van der Waals surface area contributed by atoms with Gasteiger partial charge in [0.05, 0.1) is 17.9 Å². The summed E-state index contributed by atoms with van der Waals surface area (Å²) >= 11 is 0. The van der Waals surface area contributed by atoms with Crippen molar-refractivity contribution in [2.45, 2.75) is 49.7 Å². The predicted molar refractivity (Wildman–Crippen MR) is 63.2 cm³/mol. The van der Waals surface area contributed by atoms with Crippen molar-refractivity contribution in [1.29, 1.82) is 0 Å². The summed E-state index contributed by atoms with van der Waals surface area (Å²) in [7, 11) is 0. The molecule has 2 aliphatic rings. The lowest BCUT2D eigenvalue weighted by molar-refractivity contribution is -0.124. The third-order valence-corrected chi connectivity index (χ3v) is 3.94. The molecule has 5 heteroatoms. The fourth-order valence-corrected chi connectivity index (χ4v) is 2.61. The average Bonchev–Trinajstić information content (AvgIpc) is 2.76. The predicted octanol–water partition coefficient (Wildman–Crippen LogP) is 0.584. The van der Waals surface area contributed by atoms with Gasteiger partial charge in [0, 0.05) is 18.4 Å². The van der Waals surface area contributed by atoms with Crippen LogP contribution in [0.15, 0.2) is 18.7 Å². The van der Waals surface area contributed by atoms with Crippen LogP contribution in [0.4, 0.5) is 0 Å². The molecule has 2 saturated carbocycles. The molecule has 2 aliphatic carbocycles. The van der Waals surface area contributed by atoms with Gasteiger partial charge in [0.25, 0.3) is 0 Å². The van der Waals surface area contributed by atoms with Crippen LogP contribution in [-0.2, 0) is 4.79 Å². The molecule has 3 N–H and O–H groups in total. The number of rotatable bonds is 3. The van der Waals surface area contributed by atoms with Gasteiger partial charge in [-0.15, -0.1) is 0 Å². The third kappa shape index (κ3) is 1.95. The number of amides is 1. The van der Waals surface area contributed by atoms with E-state index in [0.29, 0.717) is 6.04 Å². The molecule has 0 saturated heterocycles. The van der Waals surface area contributed by atoms with Crippen molar-refractivity contribution in [3.63, 3.8) is 0 Å². The molecule has 1 aromatic rings. The standard InChI is InChI=1S/C12H18N4O/c13-12(4-5-12)11(17)15-9-2-1-3-10(9)16-7-6-14-8-16/h6-10H,1-5,13H2,(H,15,17). The number of hydrogen-bond donors (Lipinski definition) is 2. The number of imidazole rings is 1. The van der Waals surface area contributed by atoms with Crippen molar-refractivity contribution in [2.24, 2.45) is 5.73 Å². The second kappa shape index (κ2) is 3.84. The Bertz CT molecular complexity index is 410. The Labute approximate surface area is 100 Å². The molecule has 1 heterocycles. The van der Waals surface area contributed by atoms with E-state index in [4.69, 9.17) is 5.73 Å². The molecule has 1 aromatic heterocycles. The van der Waals surface area contributed by atoms with Gasteiger partial charge in [-0.05, 0) is 32.1 Å². The molecule has 5 nitrogen and oxygen atoms in total. The molecule has 3 rings (SSSR count). The molecule has 0 radical (unpaired) electrons. The van der Waals surface area contributed by atoms with Crippen molar-refractivity contribution < 1.29 is 4.79 Å². The summed E-state index contributed by atoms with van der Waals surface area (Å²) in [6.07, 6.45) is 10.5. The lowest BCUT2D eigenvalue weighted by atomic mass is 10.1. The largest absolute Gasteiger partial charge is 0.350 e. The van der Waals surface area contributed by atoms with Gasteiger partial charge in [0.15, 0.2) is 0 Å². The van der Waals surface area contributed by atoms with Crippen LogP contribution < -0.4 is 11.1 Å². The van der Waals surface area contributed by atoms with E-state index in [1.54, 1.807) is 6.20 Å². The van der Waals surface area contributed by atoms with Crippen LogP contribution in [0.5, 0.6) is 0 Å². The zero-order valence-corrected chi connectivity index (χ0v) is 9.80. The molecule has 0 spiro atoms. The third-order valence-electron chi connectivity index (χ3n) is 3.94. The number of nitrogens with one attached hydrogen (secondary N) is 1. The number of carbonyl (C=O) groups excluding carboxylic acids is 1. The van der Waals surface area contributed by atoms with E-state index < -0.39 is 5.54 Å². The summed E-state index contributed by atoms with van der Waals surface area (Å²) in [4.78, 5) is 16.0. The molecule has 1 amide bonds. The minimum Gasteiger partial charge on any atom is -0.350 e. The number of nitrogens with zero attached hydrogens (tertiary/aromatic N) is 2. The van der Waals surface area contributed by atoms with Crippen LogP contribution >= 0.6 is 0 Å². The zero-order valence-electron chi connectivity index (χ0n) is 9.80. The number of nitrogens with two attached hydrogens (primary N) is 1. The highest BCUT2D eigenvalue weighted by molar-refractivity contribution is 5.89. The first-order valence-corrected chi connectivity index (χ1v) is 6.26. The normalized spacial score (nSPS) is 30.2. The molecular formula is C12H18N4O. The minimum absolute atomic E-state index is 0.0227. The highest BCUT2D eigenvalue weighted by atomic mass is 16.2. The number of carbonyl (C=O) groups is 1. The molecule has 0 bridgehead atoms. The minimum atomic E-state index is -0.567. The summed E-state index contributed by atoms with van der Waals surface area (Å²) in [5.74, 6) is 0.0227. The maximum atomic E-state index is 11.9. The topological polar surface area (TPSA) is 72.9 Å². The molecular weight excluding hydrogens is 216 g/mol. The van der Waals surface area contributed by atoms with E-state index in [-0.39, 0.29) is 11.9 Å². The number of hydrogen-bond acceptors (Lipinski definition) is 3. The molecule has 17 heavy (non-hydrogen) atoms. The van der Waals surface area contributed by atoms with Gasteiger partial charge >= 0.3 is 0 Å². The van der Waals surface area contributed by atoms with Crippen LogP contribution in [0.25, 0.3) is 0 Å². The Morgan fingerprint density at radius 3 is 2.94 bits per heavy atom. The summed E-state index contributed by atoms with van der Waals surface area (Å²) in [5.41, 5.74) is 5.33. The maximum absolute atomic E-state index is 11.9. The summed E-state index contributed by atoms with van der Waals surface area (Å²) in [6, 6.07) is 0.543. The SMILES string of the molecule is NC1(C(=O)NC2CCCC2n2ccnc2)CC1. The molecule has 2 atom stereocenters. The van der Waals surface area contributed by atoms with E-state index in [2.05, 4.69) is 14.9 Å². The van der Waals surface area contributed by atoms with Crippen LogP contribution in [-0.4, -0.2) is 27.0 Å². The Kier molecular flexibility index (Phi) is 2.43. The average molecular weight is 234 g/mol. The van der Waals surface area contributed by atoms with Crippen LogP contribution in [0.3, 0.4) is 0 Å². The van der Waals surface area contributed by atoms with Gasteiger partial charge in [0.2, 0.25) is 5.91 Å². The van der Waals surface area contributed by atoms with Crippen LogP contribution in [0.2, 0.25) is 0 Å². The lowest BCUT2D eigenvalue weighted by Gasteiger charge is -2.23. The summed E-state index contributed by atoms with van der Waals surface area (Å²) in [5, 5.41) is 3.11. The van der Waals surface area contributed by atoms with Crippen LogP contribution in [0, 0.1) is 0 Å². The van der Waals surface area contributed by atoms with Crippen molar-refractivity contribution in [3.8, 4) is 0 Å². The van der Waals surface area contributed by atoms with Crippen molar-refractivity contribution >= 4 is 5.91 Å². The molecule has 2 unspecified atom stereocenters. The van der Waals surface area contributed by atoms with E-state index in [0.717, 1.165) is 32.1 Å². The molecule has 0 aliphatic heterocycles. The monoisotopic (exact) mass is 234 g/mol. The number of aromatic nitrogens is 2. The van der Waals surface area contributed by atoms with Gasteiger partial charge < -0.3 is 15.6 Å². The van der Waals surface area contributed by atoms with Gasteiger partial charge in [-0.3, -0.25) is 4.79 Å². The Balaban J connectivity index is 1.68. The first kappa shape index (κ1) is 10.8. The highest BCUT2D eigenvalue weighted by Gasteiger charge is 2.47. The van der Waals surface area contributed by atoms with E-state index in [1.807, 2.05) is 12.5 Å². The van der Waals surface area contributed by atoms with Crippen molar-refractivity contribution in [3.05, 3.63) is 18.7 Å². The highest BCUT2D eigenvalue weighted by Crippen LogP contribution is 2.35. The molecule has 0 aromatic carbocycles. The van der Waals surface area contributed by atoms with Crippen LogP contribution in [0.1, 0.15) is 38.1 Å².